The van der Waals surface area contributed by atoms with Gasteiger partial charge in [0.25, 0.3) is 15.7 Å². The van der Waals surface area contributed by atoms with Crippen molar-refractivity contribution in [2.24, 2.45) is 5.10 Å². The second-order valence-electron chi connectivity index (χ2n) is 8.64. The van der Waals surface area contributed by atoms with Crippen molar-refractivity contribution >= 4 is 39.3 Å². The number of nitro benzene ring substituents is 1. The first-order valence-corrected chi connectivity index (χ1v) is 11.9. The number of carbonyl (C=O) groups is 1. The van der Waals surface area contributed by atoms with Crippen molar-refractivity contribution in [2.45, 2.75) is 31.1 Å². The highest BCUT2D eigenvalue weighted by atomic mass is 32.2. The maximum Gasteiger partial charge on any atom is 0.337 e. The molecule has 0 aliphatic carbocycles. The van der Waals surface area contributed by atoms with Gasteiger partial charge in [0, 0.05) is 12.1 Å². The van der Waals surface area contributed by atoms with Crippen molar-refractivity contribution in [3.8, 4) is 0 Å². The normalized spacial score (nSPS) is 11.9. The summed E-state index contributed by atoms with van der Waals surface area (Å²) in [5.74, 6) is -1.33. The second-order valence-corrected chi connectivity index (χ2v) is 10.3. The van der Waals surface area contributed by atoms with E-state index in [1.807, 2.05) is 24.3 Å². The van der Waals surface area contributed by atoms with E-state index in [-0.39, 0.29) is 22.4 Å². The van der Waals surface area contributed by atoms with Crippen molar-refractivity contribution in [1.82, 2.24) is 0 Å². The Balaban J connectivity index is 1.93. The zero-order valence-corrected chi connectivity index (χ0v) is 20.0. The molecule has 0 saturated carbocycles. The molecule has 182 valence electrons. The van der Waals surface area contributed by atoms with Crippen molar-refractivity contribution in [3.63, 3.8) is 0 Å². The lowest BCUT2D eigenvalue weighted by Crippen LogP contribution is -2.17. The largest absolute Gasteiger partial charge is 0.478 e. The highest BCUT2D eigenvalue weighted by Crippen LogP contribution is 2.29. The minimum Gasteiger partial charge on any atom is -0.478 e. The molecule has 0 aliphatic rings. The van der Waals surface area contributed by atoms with E-state index < -0.39 is 31.5 Å². The van der Waals surface area contributed by atoms with E-state index in [1.54, 1.807) is 0 Å². The molecule has 3 rings (SSSR count). The summed E-state index contributed by atoms with van der Waals surface area (Å²) >= 11 is 0. The number of non-ortho nitro benzene ring substituents is 1. The van der Waals surface area contributed by atoms with Gasteiger partial charge < -0.3 is 5.11 Å². The van der Waals surface area contributed by atoms with E-state index in [0.29, 0.717) is 0 Å². The Kier molecular flexibility index (Phi) is 7.20. The molecule has 0 aliphatic heterocycles. The smallest absolute Gasteiger partial charge is 0.337 e. The Bertz CT molecular complexity index is 1390. The zero-order valence-electron chi connectivity index (χ0n) is 19.2. The molecule has 3 N–H and O–H groups in total. The number of rotatable bonds is 8. The van der Waals surface area contributed by atoms with E-state index >= 15 is 0 Å². The molecule has 3 aromatic carbocycles. The number of benzene rings is 3. The van der Waals surface area contributed by atoms with E-state index in [4.69, 9.17) is 0 Å². The maximum atomic E-state index is 13.1. The van der Waals surface area contributed by atoms with Gasteiger partial charge in [0.15, 0.2) is 0 Å². The second kappa shape index (κ2) is 9.94. The van der Waals surface area contributed by atoms with Crippen LogP contribution in [0.4, 0.5) is 17.1 Å². The Morgan fingerprint density at radius 1 is 1.03 bits per heavy atom. The van der Waals surface area contributed by atoms with Gasteiger partial charge in [-0.05, 0) is 34.7 Å². The van der Waals surface area contributed by atoms with Gasteiger partial charge in [-0.2, -0.15) is 5.10 Å². The number of nitrogens with one attached hydrogen (secondary N) is 2. The molecule has 0 fully saturated rings. The number of carboxylic acid groups (broad SMARTS) is 1. The quantitative estimate of drug-likeness (QED) is 0.229. The summed E-state index contributed by atoms with van der Waals surface area (Å²) in [6.45, 7) is 6.28. The van der Waals surface area contributed by atoms with Crippen molar-refractivity contribution in [3.05, 3.63) is 93.5 Å². The van der Waals surface area contributed by atoms with E-state index in [2.05, 4.69) is 36.0 Å². The Labute approximate surface area is 202 Å². The number of hydrogen-bond donors (Lipinski definition) is 3. The van der Waals surface area contributed by atoms with Gasteiger partial charge >= 0.3 is 5.97 Å². The van der Waals surface area contributed by atoms with Crippen LogP contribution in [0.3, 0.4) is 0 Å². The van der Waals surface area contributed by atoms with Gasteiger partial charge in [0.2, 0.25) is 0 Å². The van der Waals surface area contributed by atoms with Crippen LogP contribution in [0.1, 0.15) is 42.3 Å². The third-order valence-electron chi connectivity index (χ3n) is 5.04. The standard InChI is InChI=1S/C24H24N4O6S/c1-24(2,3)17-10-8-16(9-11-17)15-25-26-21-13-12-18(28(31)32)14-22(21)35(33,34)27-20-7-5-4-6-19(20)23(29)30/h4-15,26-27H,1-3H3,(H,29,30). The minimum atomic E-state index is -4.43. The highest BCUT2D eigenvalue weighted by molar-refractivity contribution is 7.93. The van der Waals surface area contributed by atoms with Crippen LogP contribution < -0.4 is 10.1 Å². The molecule has 10 nitrogen and oxygen atoms in total. The van der Waals surface area contributed by atoms with E-state index in [9.17, 15) is 28.4 Å². The van der Waals surface area contributed by atoms with Crippen LogP contribution in [-0.2, 0) is 15.4 Å². The summed E-state index contributed by atoms with van der Waals surface area (Å²) < 4.78 is 28.4. The fourth-order valence-electron chi connectivity index (χ4n) is 3.14. The number of nitro groups is 1. The molecule has 0 bridgehead atoms. The Hall–Kier alpha value is -4.25. The fourth-order valence-corrected chi connectivity index (χ4v) is 4.40. The average molecular weight is 497 g/mol. The predicted octanol–water partition coefficient (Wildman–Crippen LogP) is 4.84. The maximum absolute atomic E-state index is 13.1. The third kappa shape index (κ3) is 6.21. The van der Waals surface area contributed by atoms with Crippen LogP contribution in [0.25, 0.3) is 0 Å². The number of hydrogen-bond acceptors (Lipinski definition) is 7. The van der Waals surface area contributed by atoms with Crippen LogP contribution in [0, 0.1) is 10.1 Å². The van der Waals surface area contributed by atoms with Crippen molar-refractivity contribution in [1.29, 1.82) is 0 Å². The van der Waals surface area contributed by atoms with Gasteiger partial charge in [-0.3, -0.25) is 20.3 Å². The topological polar surface area (TPSA) is 151 Å². The zero-order chi connectivity index (χ0) is 25.8. The molecular weight excluding hydrogens is 472 g/mol. The highest BCUT2D eigenvalue weighted by Gasteiger charge is 2.24. The number of nitrogens with zero attached hydrogens (tertiary/aromatic N) is 2. The number of aromatic carboxylic acids is 1. The van der Waals surface area contributed by atoms with Crippen LogP contribution in [0.5, 0.6) is 0 Å². The van der Waals surface area contributed by atoms with Crippen LogP contribution >= 0.6 is 0 Å². The minimum absolute atomic E-state index is 0.0117. The molecule has 0 aromatic heterocycles. The monoisotopic (exact) mass is 496 g/mol. The Morgan fingerprint density at radius 2 is 1.69 bits per heavy atom. The summed E-state index contributed by atoms with van der Waals surface area (Å²) in [4.78, 5) is 21.5. The van der Waals surface area contributed by atoms with Gasteiger partial charge in [0.05, 0.1) is 28.1 Å². The first kappa shape index (κ1) is 25.4. The SMILES string of the molecule is CC(C)(C)c1ccc(C=NNc2ccc([N+](=O)[O-])cc2S(=O)(=O)Nc2ccccc2C(=O)O)cc1. The Morgan fingerprint density at radius 3 is 2.29 bits per heavy atom. The molecule has 0 heterocycles. The lowest BCUT2D eigenvalue weighted by Gasteiger charge is -2.18. The molecule has 0 radical (unpaired) electrons. The number of hydrazone groups is 1. The lowest BCUT2D eigenvalue weighted by molar-refractivity contribution is -0.385. The van der Waals surface area contributed by atoms with Crippen molar-refractivity contribution in [2.75, 3.05) is 10.1 Å². The molecular formula is C24H24N4O6S. The predicted molar refractivity (Wildman–Crippen MR) is 134 cm³/mol. The number of anilines is 2. The van der Waals surface area contributed by atoms with Gasteiger partial charge in [-0.1, -0.05) is 57.2 Å². The van der Waals surface area contributed by atoms with Crippen molar-refractivity contribution < 1.29 is 23.2 Å². The molecule has 0 atom stereocenters. The molecule has 0 saturated heterocycles. The summed E-state index contributed by atoms with van der Waals surface area (Å²) in [5.41, 5.74) is 3.56. The molecule has 11 heteroatoms. The molecule has 0 unspecified atom stereocenters. The van der Waals surface area contributed by atoms with Crippen LogP contribution in [-0.4, -0.2) is 30.6 Å². The van der Waals surface area contributed by atoms with Crippen LogP contribution in [0.15, 0.2) is 76.7 Å². The summed E-state index contributed by atoms with van der Waals surface area (Å²) in [6.07, 6.45) is 1.48. The molecule has 0 spiro atoms. The first-order chi connectivity index (χ1) is 16.4. The van der Waals surface area contributed by atoms with Crippen LogP contribution in [0.2, 0.25) is 0 Å². The number of para-hydroxylation sites is 1. The fraction of sp³-hybridized carbons (Fsp3) is 0.167. The van der Waals surface area contributed by atoms with Gasteiger partial charge in [0.1, 0.15) is 4.90 Å². The molecule has 0 amide bonds. The van der Waals surface area contributed by atoms with Gasteiger partial charge in [-0.25, -0.2) is 13.2 Å². The third-order valence-corrected chi connectivity index (χ3v) is 6.45. The summed E-state index contributed by atoms with van der Waals surface area (Å²) in [5, 5.41) is 24.7. The number of carboxylic acids is 1. The summed E-state index contributed by atoms with van der Waals surface area (Å²) in [7, 11) is -4.43. The first-order valence-electron chi connectivity index (χ1n) is 10.4. The summed E-state index contributed by atoms with van der Waals surface area (Å²) in [6, 6.07) is 16.3. The molecule has 35 heavy (non-hydrogen) atoms. The number of sulfonamides is 1. The van der Waals surface area contributed by atoms with E-state index in [0.717, 1.165) is 23.3 Å². The molecule has 3 aromatic rings. The average Bonchev–Trinajstić information content (AvgIpc) is 2.78. The van der Waals surface area contributed by atoms with Gasteiger partial charge in [-0.15, -0.1) is 0 Å². The van der Waals surface area contributed by atoms with E-state index in [1.165, 1.54) is 36.5 Å². The lowest BCUT2D eigenvalue weighted by atomic mass is 9.87.